The summed E-state index contributed by atoms with van der Waals surface area (Å²) in [5, 5.41) is 3.34. The van der Waals surface area contributed by atoms with Crippen LogP contribution in [0.25, 0.3) is 0 Å². The Labute approximate surface area is 92.5 Å². The standard InChI is InChI=1S/C10H22N2O2S/c1-9(2)6-12-10(7-11)4-3-5-15(13,14)8-10/h9,12H,3-8,11H2,1-2H3. The second kappa shape index (κ2) is 4.80. The van der Waals surface area contributed by atoms with E-state index in [1.165, 1.54) is 0 Å². The van der Waals surface area contributed by atoms with Crippen LogP contribution in [0.2, 0.25) is 0 Å². The highest BCUT2D eigenvalue weighted by atomic mass is 32.2. The molecule has 0 radical (unpaired) electrons. The molecule has 0 bridgehead atoms. The summed E-state index contributed by atoms with van der Waals surface area (Å²) < 4.78 is 23.1. The van der Waals surface area contributed by atoms with Crippen molar-refractivity contribution in [3.05, 3.63) is 0 Å². The normalized spacial score (nSPS) is 30.7. The van der Waals surface area contributed by atoms with Crippen LogP contribution in [0, 0.1) is 5.92 Å². The van der Waals surface area contributed by atoms with Gasteiger partial charge in [-0.2, -0.15) is 0 Å². The van der Waals surface area contributed by atoms with Crippen LogP contribution in [0.3, 0.4) is 0 Å². The lowest BCUT2D eigenvalue weighted by Gasteiger charge is -2.37. The Hall–Kier alpha value is -0.130. The molecule has 0 aromatic heterocycles. The molecule has 4 nitrogen and oxygen atoms in total. The maximum Gasteiger partial charge on any atom is 0.152 e. The summed E-state index contributed by atoms with van der Waals surface area (Å²) in [6, 6.07) is 0. The SMILES string of the molecule is CC(C)CNC1(CN)CCCS(=O)(=O)C1. The van der Waals surface area contributed by atoms with E-state index in [9.17, 15) is 8.42 Å². The molecule has 0 aliphatic carbocycles. The van der Waals surface area contributed by atoms with Crippen molar-refractivity contribution in [3.8, 4) is 0 Å². The van der Waals surface area contributed by atoms with Crippen LogP contribution in [-0.4, -0.2) is 38.6 Å². The first-order valence-electron chi connectivity index (χ1n) is 5.55. The van der Waals surface area contributed by atoms with Crippen LogP contribution in [0.4, 0.5) is 0 Å². The highest BCUT2D eigenvalue weighted by Crippen LogP contribution is 2.22. The van der Waals surface area contributed by atoms with Gasteiger partial charge in [-0.05, 0) is 25.3 Å². The Balaban J connectivity index is 2.67. The fourth-order valence-corrected chi connectivity index (χ4v) is 3.92. The van der Waals surface area contributed by atoms with E-state index in [2.05, 4.69) is 19.2 Å². The molecule has 3 N–H and O–H groups in total. The second-order valence-electron chi connectivity index (χ2n) is 4.95. The molecule has 1 rings (SSSR count). The van der Waals surface area contributed by atoms with Crippen molar-refractivity contribution in [3.63, 3.8) is 0 Å². The van der Waals surface area contributed by atoms with E-state index in [-0.39, 0.29) is 11.3 Å². The van der Waals surface area contributed by atoms with Gasteiger partial charge in [-0.25, -0.2) is 8.42 Å². The molecule has 0 aromatic rings. The Morgan fingerprint density at radius 1 is 1.47 bits per heavy atom. The minimum atomic E-state index is -2.89. The first-order chi connectivity index (χ1) is 6.89. The summed E-state index contributed by atoms with van der Waals surface area (Å²) in [5.41, 5.74) is 5.34. The zero-order valence-electron chi connectivity index (χ0n) is 9.62. The van der Waals surface area contributed by atoms with E-state index in [0.29, 0.717) is 18.2 Å². The van der Waals surface area contributed by atoms with Crippen LogP contribution in [-0.2, 0) is 9.84 Å². The third kappa shape index (κ3) is 3.74. The second-order valence-corrected chi connectivity index (χ2v) is 7.14. The number of nitrogens with one attached hydrogen (secondary N) is 1. The van der Waals surface area contributed by atoms with Gasteiger partial charge >= 0.3 is 0 Å². The van der Waals surface area contributed by atoms with Crippen LogP contribution in [0.15, 0.2) is 0 Å². The fourth-order valence-electron chi connectivity index (χ4n) is 1.99. The van der Waals surface area contributed by atoms with E-state index in [0.717, 1.165) is 19.4 Å². The molecule has 1 atom stereocenters. The molecule has 1 heterocycles. The minimum absolute atomic E-state index is 0.198. The van der Waals surface area contributed by atoms with E-state index in [1.54, 1.807) is 0 Å². The van der Waals surface area contributed by atoms with E-state index in [4.69, 9.17) is 5.73 Å². The molecule has 1 saturated heterocycles. The predicted octanol–water partition coefficient (Wildman–Crippen LogP) is 0.138. The molecule has 0 aromatic carbocycles. The lowest BCUT2D eigenvalue weighted by molar-refractivity contribution is 0.312. The van der Waals surface area contributed by atoms with Gasteiger partial charge in [0.15, 0.2) is 9.84 Å². The first-order valence-corrected chi connectivity index (χ1v) is 7.37. The quantitative estimate of drug-likeness (QED) is 0.725. The zero-order valence-corrected chi connectivity index (χ0v) is 10.4. The summed E-state index contributed by atoms with van der Waals surface area (Å²) in [4.78, 5) is 0. The third-order valence-electron chi connectivity index (χ3n) is 2.88. The number of rotatable bonds is 4. The van der Waals surface area contributed by atoms with Gasteiger partial charge < -0.3 is 11.1 Å². The third-order valence-corrected chi connectivity index (χ3v) is 4.79. The molecule has 0 amide bonds. The van der Waals surface area contributed by atoms with E-state index in [1.807, 2.05) is 0 Å². The molecule has 1 unspecified atom stereocenters. The summed E-state index contributed by atoms with van der Waals surface area (Å²) >= 11 is 0. The maximum absolute atomic E-state index is 11.6. The van der Waals surface area contributed by atoms with Gasteiger partial charge in [0, 0.05) is 12.1 Å². The number of nitrogens with two attached hydrogens (primary N) is 1. The van der Waals surface area contributed by atoms with E-state index < -0.39 is 9.84 Å². The topological polar surface area (TPSA) is 72.2 Å². The molecular weight excluding hydrogens is 212 g/mol. The smallest absolute Gasteiger partial charge is 0.152 e. The molecule has 90 valence electrons. The molecule has 15 heavy (non-hydrogen) atoms. The van der Waals surface area contributed by atoms with Crippen molar-refractivity contribution in [1.29, 1.82) is 0 Å². The van der Waals surface area contributed by atoms with Crippen molar-refractivity contribution in [2.45, 2.75) is 32.2 Å². The Morgan fingerprint density at radius 3 is 2.60 bits per heavy atom. The zero-order chi connectivity index (χ0) is 11.5. The van der Waals surface area contributed by atoms with E-state index >= 15 is 0 Å². The Kier molecular flexibility index (Phi) is 4.14. The summed E-state index contributed by atoms with van der Waals surface area (Å²) in [5.74, 6) is 1.03. The van der Waals surface area contributed by atoms with Gasteiger partial charge in [-0.1, -0.05) is 13.8 Å². The van der Waals surface area contributed by atoms with Crippen molar-refractivity contribution in [2.24, 2.45) is 11.7 Å². The summed E-state index contributed by atoms with van der Waals surface area (Å²) in [7, 11) is -2.89. The highest BCUT2D eigenvalue weighted by Gasteiger charge is 2.37. The van der Waals surface area contributed by atoms with Gasteiger partial charge in [0.1, 0.15) is 0 Å². The largest absolute Gasteiger partial charge is 0.329 e. The molecule has 1 aliphatic heterocycles. The number of sulfone groups is 1. The van der Waals surface area contributed by atoms with Gasteiger partial charge in [-0.3, -0.25) is 0 Å². The molecule has 5 heteroatoms. The average molecular weight is 234 g/mol. The van der Waals surface area contributed by atoms with Crippen molar-refractivity contribution in [2.75, 3.05) is 24.6 Å². The predicted molar refractivity (Wildman–Crippen MR) is 62.5 cm³/mol. The first kappa shape index (κ1) is 12.9. The van der Waals surface area contributed by atoms with Gasteiger partial charge in [-0.15, -0.1) is 0 Å². The van der Waals surface area contributed by atoms with Crippen LogP contribution in [0.5, 0.6) is 0 Å². The van der Waals surface area contributed by atoms with Gasteiger partial charge in [0.2, 0.25) is 0 Å². The lowest BCUT2D eigenvalue weighted by atomic mass is 9.95. The van der Waals surface area contributed by atoms with Crippen molar-refractivity contribution >= 4 is 9.84 Å². The molecular formula is C10H22N2O2S. The van der Waals surface area contributed by atoms with Crippen LogP contribution >= 0.6 is 0 Å². The van der Waals surface area contributed by atoms with Gasteiger partial charge in [0.05, 0.1) is 11.5 Å². The highest BCUT2D eigenvalue weighted by molar-refractivity contribution is 7.91. The molecule has 0 saturated carbocycles. The van der Waals surface area contributed by atoms with Gasteiger partial charge in [0.25, 0.3) is 0 Å². The molecule has 1 aliphatic rings. The lowest BCUT2D eigenvalue weighted by Crippen LogP contribution is -2.59. The van der Waals surface area contributed by atoms with Crippen molar-refractivity contribution in [1.82, 2.24) is 5.32 Å². The monoisotopic (exact) mass is 234 g/mol. The molecule has 1 fully saturated rings. The summed E-state index contributed by atoms with van der Waals surface area (Å²) in [6.45, 7) is 5.44. The van der Waals surface area contributed by atoms with Crippen molar-refractivity contribution < 1.29 is 8.42 Å². The number of hydrogen-bond donors (Lipinski definition) is 2. The minimum Gasteiger partial charge on any atom is -0.329 e. The fraction of sp³-hybridized carbons (Fsp3) is 1.00. The van der Waals surface area contributed by atoms with Crippen LogP contribution < -0.4 is 11.1 Å². The maximum atomic E-state index is 11.6. The average Bonchev–Trinajstić information content (AvgIpc) is 2.13. The Morgan fingerprint density at radius 2 is 2.13 bits per heavy atom. The van der Waals surface area contributed by atoms with Crippen LogP contribution in [0.1, 0.15) is 26.7 Å². The Bertz CT molecular complexity index is 301. The summed E-state index contributed by atoms with van der Waals surface area (Å²) in [6.07, 6.45) is 1.60. The number of hydrogen-bond acceptors (Lipinski definition) is 4. The molecule has 0 spiro atoms.